The maximum Gasteiger partial charge on any atom is 0.191 e. The third-order valence-corrected chi connectivity index (χ3v) is 4.75. The van der Waals surface area contributed by atoms with Crippen LogP contribution >= 0.6 is 0 Å². The summed E-state index contributed by atoms with van der Waals surface area (Å²) in [6, 6.07) is 8.85. The number of aliphatic imine (C=N–C) groups is 1. The molecule has 27 heavy (non-hydrogen) atoms. The van der Waals surface area contributed by atoms with E-state index in [1.165, 1.54) is 17.7 Å². The SMILES string of the molecule is CN=C(NCc1ccc(O)c(F)c1)NC1CCN(c2ccc(C)cn2)CC1. The fraction of sp³-hybridized carbons (Fsp3) is 0.400. The first-order valence-electron chi connectivity index (χ1n) is 9.17. The lowest BCUT2D eigenvalue weighted by molar-refractivity contribution is 0.431. The van der Waals surface area contributed by atoms with Gasteiger partial charge in [-0.25, -0.2) is 9.37 Å². The molecule has 0 aliphatic carbocycles. The number of anilines is 1. The molecule has 1 aliphatic heterocycles. The fourth-order valence-electron chi connectivity index (χ4n) is 3.13. The van der Waals surface area contributed by atoms with E-state index in [4.69, 9.17) is 0 Å². The van der Waals surface area contributed by atoms with Crippen molar-refractivity contribution in [2.45, 2.75) is 32.4 Å². The first-order valence-corrected chi connectivity index (χ1v) is 9.17. The summed E-state index contributed by atoms with van der Waals surface area (Å²) < 4.78 is 13.4. The van der Waals surface area contributed by atoms with Crippen molar-refractivity contribution >= 4 is 11.8 Å². The Balaban J connectivity index is 1.48. The number of piperidine rings is 1. The molecule has 2 heterocycles. The minimum Gasteiger partial charge on any atom is -0.505 e. The number of hydrogen-bond donors (Lipinski definition) is 3. The lowest BCUT2D eigenvalue weighted by Crippen LogP contribution is -2.48. The van der Waals surface area contributed by atoms with E-state index >= 15 is 0 Å². The second-order valence-corrected chi connectivity index (χ2v) is 6.81. The van der Waals surface area contributed by atoms with Crippen LogP contribution in [0.4, 0.5) is 10.2 Å². The number of pyridine rings is 1. The van der Waals surface area contributed by atoms with E-state index in [1.807, 2.05) is 13.1 Å². The molecule has 1 fully saturated rings. The largest absolute Gasteiger partial charge is 0.505 e. The molecule has 0 spiro atoms. The van der Waals surface area contributed by atoms with E-state index in [2.05, 4.69) is 37.6 Å². The van der Waals surface area contributed by atoms with Crippen LogP contribution < -0.4 is 15.5 Å². The van der Waals surface area contributed by atoms with E-state index in [-0.39, 0.29) is 5.75 Å². The average Bonchev–Trinajstić information content (AvgIpc) is 2.69. The van der Waals surface area contributed by atoms with Crippen molar-refractivity contribution in [1.29, 1.82) is 0 Å². The molecule has 2 aromatic rings. The van der Waals surface area contributed by atoms with E-state index in [9.17, 15) is 9.50 Å². The Hall–Kier alpha value is -2.83. The Morgan fingerprint density at radius 1 is 1.30 bits per heavy atom. The van der Waals surface area contributed by atoms with Crippen LogP contribution in [0, 0.1) is 12.7 Å². The maximum atomic E-state index is 13.4. The highest BCUT2D eigenvalue weighted by atomic mass is 19.1. The van der Waals surface area contributed by atoms with Crippen molar-refractivity contribution in [2.24, 2.45) is 4.99 Å². The topological polar surface area (TPSA) is 72.8 Å². The predicted molar refractivity (Wildman–Crippen MR) is 106 cm³/mol. The minimum atomic E-state index is -0.616. The third kappa shape index (κ3) is 5.09. The average molecular weight is 371 g/mol. The monoisotopic (exact) mass is 371 g/mol. The normalized spacial score (nSPS) is 15.7. The number of rotatable bonds is 4. The van der Waals surface area contributed by atoms with Crippen LogP contribution in [0.3, 0.4) is 0 Å². The molecule has 1 aromatic heterocycles. The lowest BCUT2D eigenvalue weighted by atomic mass is 10.1. The standard InChI is InChI=1S/C20H26FN5O/c1-14-3-6-19(23-12-14)26-9-7-16(8-10-26)25-20(22-2)24-13-15-4-5-18(27)17(21)11-15/h3-6,11-12,16,27H,7-10,13H2,1-2H3,(H2,22,24,25). The molecule has 0 atom stereocenters. The van der Waals surface area contributed by atoms with Crippen LogP contribution in [0.2, 0.25) is 0 Å². The van der Waals surface area contributed by atoms with Crippen LogP contribution in [0.25, 0.3) is 0 Å². The van der Waals surface area contributed by atoms with Gasteiger partial charge in [0.2, 0.25) is 0 Å². The molecule has 0 unspecified atom stereocenters. The summed E-state index contributed by atoms with van der Waals surface area (Å²) >= 11 is 0. The molecule has 6 nitrogen and oxygen atoms in total. The van der Waals surface area contributed by atoms with Crippen molar-refractivity contribution in [2.75, 3.05) is 25.0 Å². The van der Waals surface area contributed by atoms with E-state index in [0.29, 0.717) is 18.5 Å². The Morgan fingerprint density at radius 2 is 2.07 bits per heavy atom. The maximum absolute atomic E-state index is 13.4. The molecular weight excluding hydrogens is 345 g/mol. The molecule has 144 valence electrons. The first kappa shape index (κ1) is 18.9. The molecule has 0 saturated carbocycles. The summed E-state index contributed by atoms with van der Waals surface area (Å²) in [5.41, 5.74) is 1.91. The Labute approximate surface area is 159 Å². The Morgan fingerprint density at radius 3 is 2.70 bits per heavy atom. The molecular formula is C20H26FN5O. The first-order chi connectivity index (χ1) is 13.0. The number of guanidine groups is 1. The zero-order chi connectivity index (χ0) is 19.2. The van der Waals surface area contributed by atoms with Gasteiger partial charge in [-0.1, -0.05) is 12.1 Å². The van der Waals surface area contributed by atoms with Gasteiger partial charge >= 0.3 is 0 Å². The summed E-state index contributed by atoms with van der Waals surface area (Å²) in [5.74, 6) is 0.761. The van der Waals surface area contributed by atoms with Crippen molar-refractivity contribution in [3.63, 3.8) is 0 Å². The molecule has 7 heteroatoms. The number of aromatic hydroxyl groups is 1. The number of hydrogen-bond acceptors (Lipinski definition) is 4. The van der Waals surface area contributed by atoms with Crippen molar-refractivity contribution in [3.05, 3.63) is 53.5 Å². The van der Waals surface area contributed by atoms with Crippen molar-refractivity contribution in [3.8, 4) is 5.75 Å². The number of nitrogens with zero attached hydrogens (tertiary/aromatic N) is 3. The summed E-state index contributed by atoms with van der Waals surface area (Å²) in [6.45, 7) is 4.35. The molecule has 0 radical (unpaired) electrons. The third-order valence-electron chi connectivity index (χ3n) is 4.75. The van der Waals surface area contributed by atoms with Crippen molar-refractivity contribution in [1.82, 2.24) is 15.6 Å². The fourth-order valence-corrected chi connectivity index (χ4v) is 3.13. The minimum absolute atomic E-state index is 0.328. The number of aryl methyl sites for hydroxylation is 1. The van der Waals surface area contributed by atoms with Gasteiger partial charge in [0, 0.05) is 38.9 Å². The molecule has 3 rings (SSSR count). The molecule has 0 amide bonds. The quantitative estimate of drug-likeness (QED) is 0.569. The van der Waals surface area contributed by atoms with Crippen LogP contribution in [0.1, 0.15) is 24.0 Å². The number of benzene rings is 1. The number of phenolic OH excluding ortho intramolecular Hbond substituents is 1. The smallest absolute Gasteiger partial charge is 0.191 e. The Kier molecular flexibility index (Phi) is 6.11. The zero-order valence-electron chi connectivity index (χ0n) is 15.7. The van der Waals surface area contributed by atoms with Gasteiger partial charge in [-0.3, -0.25) is 4.99 Å². The Bertz CT molecular complexity index is 785. The van der Waals surface area contributed by atoms with Crippen LogP contribution in [0.5, 0.6) is 5.75 Å². The highest BCUT2D eigenvalue weighted by molar-refractivity contribution is 5.80. The van der Waals surface area contributed by atoms with Gasteiger partial charge in [-0.15, -0.1) is 0 Å². The van der Waals surface area contributed by atoms with Gasteiger partial charge < -0.3 is 20.6 Å². The zero-order valence-corrected chi connectivity index (χ0v) is 15.7. The van der Waals surface area contributed by atoms with Crippen LogP contribution in [-0.2, 0) is 6.54 Å². The summed E-state index contributed by atoms with van der Waals surface area (Å²) in [5, 5.41) is 15.9. The van der Waals surface area contributed by atoms with Crippen LogP contribution in [-0.4, -0.2) is 42.2 Å². The predicted octanol–water partition coefficient (Wildman–Crippen LogP) is 2.57. The summed E-state index contributed by atoms with van der Waals surface area (Å²) in [7, 11) is 1.72. The van der Waals surface area contributed by atoms with E-state index in [0.717, 1.165) is 37.3 Å². The van der Waals surface area contributed by atoms with E-state index in [1.54, 1.807) is 13.1 Å². The molecule has 1 aromatic carbocycles. The summed E-state index contributed by atoms with van der Waals surface area (Å²) in [4.78, 5) is 11.0. The second kappa shape index (κ2) is 8.70. The number of halogens is 1. The van der Waals surface area contributed by atoms with Gasteiger partial charge in [-0.05, 0) is 49.1 Å². The molecule has 1 aliphatic rings. The molecule has 1 saturated heterocycles. The van der Waals surface area contributed by atoms with Gasteiger partial charge in [0.25, 0.3) is 0 Å². The van der Waals surface area contributed by atoms with Gasteiger partial charge in [0.05, 0.1) is 0 Å². The lowest BCUT2D eigenvalue weighted by Gasteiger charge is -2.33. The highest BCUT2D eigenvalue weighted by Crippen LogP contribution is 2.18. The number of phenols is 1. The van der Waals surface area contributed by atoms with Gasteiger partial charge in [0.1, 0.15) is 5.82 Å². The van der Waals surface area contributed by atoms with Gasteiger partial charge in [0.15, 0.2) is 17.5 Å². The second-order valence-electron chi connectivity index (χ2n) is 6.81. The number of nitrogens with one attached hydrogen (secondary N) is 2. The highest BCUT2D eigenvalue weighted by Gasteiger charge is 2.20. The molecule has 3 N–H and O–H groups in total. The van der Waals surface area contributed by atoms with Crippen LogP contribution in [0.15, 0.2) is 41.5 Å². The van der Waals surface area contributed by atoms with Crippen molar-refractivity contribution < 1.29 is 9.50 Å². The molecule has 0 bridgehead atoms. The summed E-state index contributed by atoms with van der Waals surface area (Å²) in [6.07, 6.45) is 3.88. The number of aromatic nitrogens is 1. The van der Waals surface area contributed by atoms with Gasteiger partial charge in [-0.2, -0.15) is 0 Å². The van der Waals surface area contributed by atoms with E-state index < -0.39 is 5.82 Å².